The van der Waals surface area contributed by atoms with Crippen LogP contribution < -0.4 is 9.47 Å². The van der Waals surface area contributed by atoms with E-state index in [1.54, 1.807) is 14.2 Å². The van der Waals surface area contributed by atoms with Crippen LogP contribution in [0, 0.1) is 5.92 Å². The number of fused-ring (bicyclic) bond motifs is 3. The van der Waals surface area contributed by atoms with E-state index in [0.29, 0.717) is 5.92 Å². The first-order chi connectivity index (χ1) is 11.5. The normalized spacial score (nSPS) is 28.4. The molecule has 2 aliphatic carbocycles. The number of allylic oxidation sites excluding steroid dienone is 1. The largest absolute Gasteiger partial charge is 0.493 e. The minimum Gasteiger partial charge on any atom is -0.493 e. The maximum atomic E-state index is 10.5. The molecule has 132 valence electrons. The summed E-state index contributed by atoms with van der Waals surface area (Å²) in [6.07, 6.45) is 7.99. The van der Waals surface area contributed by atoms with Crippen molar-refractivity contribution in [3.05, 3.63) is 29.3 Å². The van der Waals surface area contributed by atoms with Gasteiger partial charge < -0.3 is 19.5 Å². The van der Waals surface area contributed by atoms with E-state index >= 15 is 0 Å². The summed E-state index contributed by atoms with van der Waals surface area (Å²) in [7, 11) is 7.60. The first-order valence-corrected chi connectivity index (χ1v) is 8.78. The molecule has 0 spiro atoms. The molecule has 1 fully saturated rings. The van der Waals surface area contributed by atoms with E-state index in [2.05, 4.69) is 37.2 Å². The minimum absolute atomic E-state index is 0.0914. The summed E-state index contributed by atoms with van der Waals surface area (Å²) in [6.45, 7) is 0.983. The third-order valence-corrected chi connectivity index (χ3v) is 5.71. The van der Waals surface area contributed by atoms with Gasteiger partial charge in [0.1, 0.15) is 0 Å². The van der Waals surface area contributed by atoms with Crippen LogP contribution in [0.2, 0.25) is 0 Å². The molecule has 1 aromatic carbocycles. The van der Waals surface area contributed by atoms with Gasteiger partial charge in [0.2, 0.25) is 0 Å². The zero-order valence-electron chi connectivity index (χ0n) is 15.2. The van der Waals surface area contributed by atoms with Gasteiger partial charge in [0.05, 0.1) is 20.3 Å². The number of hydrogen-bond donors (Lipinski definition) is 1. The Morgan fingerprint density at radius 1 is 1.21 bits per heavy atom. The zero-order chi connectivity index (χ0) is 17.3. The molecule has 1 N–H and O–H groups in total. The van der Waals surface area contributed by atoms with Crippen molar-refractivity contribution < 1.29 is 14.6 Å². The van der Waals surface area contributed by atoms with Gasteiger partial charge in [0.25, 0.3) is 0 Å². The summed E-state index contributed by atoms with van der Waals surface area (Å²) in [5.41, 5.74) is 2.32. The third kappa shape index (κ3) is 2.82. The van der Waals surface area contributed by atoms with Crippen molar-refractivity contribution >= 4 is 6.08 Å². The highest BCUT2D eigenvalue weighted by Gasteiger charge is 2.48. The Kier molecular flexibility index (Phi) is 4.88. The van der Waals surface area contributed by atoms with Crippen LogP contribution in [-0.2, 0) is 5.41 Å². The lowest BCUT2D eigenvalue weighted by atomic mass is 9.57. The van der Waals surface area contributed by atoms with Gasteiger partial charge in [0, 0.05) is 11.0 Å². The van der Waals surface area contributed by atoms with Crippen molar-refractivity contribution in [2.75, 3.05) is 34.9 Å². The Bertz CT molecular complexity index is 626. The average Bonchev–Trinajstić information content (AvgIpc) is 2.58. The summed E-state index contributed by atoms with van der Waals surface area (Å²) in [5, 5.41) is 10.5. The minimum atomic E-state index is -0.251. The number of benzene rings is 1. The molecule has 1 saturated carbocycles. The van der Waals surface area contributed by atoms with Gasteiger partial charge in [-0.25, -0.2) is 0 Å². The number of nitrogens with zero attached hydrogens (tertiary/aromatic N) is 1. The third-order valence-electron chi connectivity index (χ3n) is 5.71. The molecule has 0 aliphatic heterocycles. The molecule has 0 bridgehead atoms. The first kappa shape index (κ1) is 17.3. The summed E-state index contributed by atoms with van der Waals surface area (Å²) in [5.74, 6) is 2.04. The van der Waals surface area contributed by atoms with E-state index in [1.165, 1.54) is 11.1 Å². The predicted octanol–water partition coefficient (Wildman–Crippen LogP) is 3.08. The summed E-state index contributed by atoms with van der Waals surface area (Å²) >= 11 is 0. The van der Waals surface area contributed by atoms with E-state index in [9.17, 15) is 5.11 Å². The van der Waals surface area contributed by atoms with Crippen molar-refractivity contribution in [1.82, 2.24) is 4.90 Å². The molecule has 4 nitrogen and oxygen atoms in total. The van der Waals surface area contributed by atoms with E-state index in [1.807, 2.05) is 6.07 Å². The van der Waals surface area contributed by atoms with Crippen LogP contribution in [0.15, 0.2) is 18.2 Å². The molecule has 2 aliphatic rings. The van der Waals surface area contributed by atoms with E-state index < -0.39 is 0 Å². The monoisotopic (exact) mass is 331 g/mol. The van der Waals surface area contributed by atoms with Crippen molar-refractivity contribution in [2.45, 2.75) is 37.2 Å². The number of aliphatic hydroxyl groups is 1. The van der Waals surface area contributed by atoms with Crippen LogP contribution in [-0.4, -0.2) is 51.0 Å². The highest BCUT2D eigenvalue weighted by atomic mass is 16.5. The number of rotatable bonds is 5. The Labute approximate surface area is 145 Å². The SMILES string of the molecule is COc1ccc2c(c1OC)[C@]1(CCN(C)C)C[C@H](O)CC[C@@H]1C=C2. The van der Waals surface area contributed by atoms with Gasteiger partial charge >= 0.3 is 0 Å². The fourth-order valence-corrected chi connectivity index (χ4v) is 4.54. The van der Waals surface area contributed by atoms with Crippen LogP contribution in [0.1, 0.15) is 36.8 Å². The molecule has 4 heteroatoms. The Balaban J connectivity index is 2.17. The second-order valence-electron chi connectivity index (χ2n) is 7.38. The van der Waals surface area contributed by atoms with Gasteiger partial charge in [-0.2, -0.15) is 0 Å². The molecular formula is C20H29NO3. The molecule has 3 atom stereocenters. The van der Waals surface area contributed by atoms with Crippen LogP contribution in [0.3, 0.4) is 0 Å². The molecular weight excluding hydrogens is 302 g/mol. The van der Waals surface area contributed by atoms with Crippen LogP contribution in [0.25, 0.3) is 6.08 Å². The lowest BCUT2D eigenvalue weighted by Gasteiger charge is -2.49. The fraction of sp³-hybridized carbons (Fsp3) is 0.600. The summed E-state index contributed by atoms with van der Waals surface area (Å²) < 4.78 is 11.4. The smallest absolute Gasteiger partial charge is 0.165 e. The highest BCUT2D eigenvalue weighted by Crippen LogP contribution is 2.55. The standard InChI is InChI=1S/C20H29NO3/c1-21(2)12-11-20-13-16(22)9-8-15(20)7-5-14-6-10-17(23-3)19(24-4)18(14)20/h5-7,10,15-16,22H,8-9,11-13H2,1-4H3/t15-,16+,20+/m0/s1. The Hall–Kier alpha value is -1.52. The molecule has 1 aromatic rings. The number of aliphatic hydroxyl groups excluding tert-OH is 1. The van der Waals surface area contributed by atoms with Crippen molar-refractivity contribution in [3.63, 3.8) is 0 Å². The zero-order valence-corrected chi connectivity index (χ0v) is 15.2. The van der Waals surface area contributed by atoms with Gasteiger partial charge in [0.15, 0.2) is 11.5 Å². The quantitative estimate of drug-likeness (QED) is 0.900. The maximum absolute atomic E-state index is 10.5. The molecule has 3 rings (SSSR count). The second kappa shape index (κ2) is 6.77. The second-order valence-corrected chi connectivity index (χ2v) is 7.38. The van der Waals surface area contributed by atoms with Crippen LogP contribution >= 0.6 is 0 Å². The van der Waals surface area contributed by atoms with Crippen molar-refractivity contribution in [2.24, 2.45) is 5.92 Å². The fourth-order valence-electron chi connectivity index (χ4n) is 4.54. The molecule has 0 unspecified atom stereocenters. The first-order valence-electron chi connectivity index (χ1n) is 8.78. The van der Waals surface area contributed by atoms with Gasteiger partial charge in [-0.15, -0.1) is 0 Å². The molecule has 24 heavy (non-hydrogen) atoms. The van der Waals surface area contributed by atoms with E-state index in [0.717, 1.165) is 43.7 Å². The van der Waals surface area contributed by atoms with Crippen LogP contribution in [0.4, 0.5) is 0 Å². The molecule has 0 amide bonds. The Morgan fingerprint density at radius 2 is 2.00 bits per heavy atom. The van der Waals surface area contributed by atoms with Gasteiger partial charge in [-0.1, -0.05) is 18.2 Å². The van der Waals surface area contributed by atoms with Crippen molar-refractivity contribution in [3.8, 4) is 11.5 Å². The number of ether oxygens (including phenoxy) is 2. The molecule has 0 aromatic heterocycles. The van der Waals surface area contributed by atoms with Crippen LogP contribution in [0.5, 0.6) is 11.5 Å². The lowest BCUT2D eigenvalue weighted by Crippen LogP contribution is -2.45. The lowest BCUT2D eigenvalue weighted by molar-refractivity contribution is 0.0518. The summed E-state index contributed by atoms with van der Waals surface area (Å²) in [4.78, 5) is 2.22. The van der Waals surface area contributed by atoms with E-state index in [-0.39, 0.29) is 11.5 Å². The topological polar surface area (TPSA) is 41.9 Å². The molecule has 0 heterocycles. The molecule has 0 radical (unpaired) electrons. The number of methoxy groups -OCH3 is 2. The Morgan fingerprint density at radius 3 is 2.67 bits per heavy atom. The highest BCUT2D eigenvalue weighted by molar-refractivity contribution is 5.68. The average molecular weight is 331 g/mol. The predicted molar refractivity (Wildman–Crippen MR) is 96.8 cm³/mol. The molecule has 0 saturated heterocycles. The number of hydrogen-bond acceptors (Lipinski definition) is 4. The van der Waals surface area contributed by atoms with Crippen molar-refractivity contribution in [1.29, 1.82) is 0 Å². The van der Waals surface area contributed by atoms with Gasteiger partial charge in [-0.05, 0) is 63.9 Å². The summed E-state index contributed by atoms with van der Waals surface area (Å²) in [6, 6.07) is 4.09. The van der Waals surface area contributed by atoms with E-state index in [4.69, 9.17) is 9.47 Å². The van der Waals surface area contributed by atoms with Gasteiger partial charge in [-0.3, -0.25) is 0 Å². The maximum Gasteiger partial charge on any atom is 0.165 e.